The number of nitrogens with one attached hydrogen (secondary N) is 1. The second kappa shape index (κ2) is 8.16. The fourth-order valence-corrected chi connectivity index (χ4v) is 4.00. The Labute approximate surface area is 146 Å². The van der Waals surface area contributed by atoms with Crippen molar-refractivity contribution in [2.45, 2.75) is 45.4 Å². The predicted octanol–water partition coefficient (Wildman–Crippen LogP) is 3.76. The lowest BCUT2D eigenvalue weighted by Crippen LogP contribution is -2.39. The zero-order chi connectivity index (χ0) is 15.5. The molecule has 2 aliphatic rings. The first-order chi connectivity index (χ1) is 10.7. The third-order valence-electron chi connectivity index (χ3n) is 5.33. The van der Waals surface area contributed by atoms with Crippen LogP contribution in [0.4, 0.5) is 0 Å². The minimum atomic E-state index is 0. The molecule has 0 bridgehead atoms. The van der Waals surface area contributed by atoms with Crippen molar-refractivity contribution < 1.29 is 4.79 Å². The summed E-state index contributed by atoms with van der Waals surface area (Å²) in [4.78, 5) is 15.0. The molecule has 1 amide bonds. The van der Waals surface area contributed by atoms with E-state index >= 15 is 0 Å². The van der Waals surface area contributed by atoms with E-state index < -0.39 is 0 Å². The zero-order valence-corrected chi connectivity index (χ0v) is 15.1. The van der Waals surface area contributed by atoms with Gasteiger partial charge >= 0.3 is 0 Å². The van der Waals surface area contributed by atoms with E-state index in [1.54, 1.807) is 0 Å². The van der Waals surface area contributed by atoms with Crippen molar-refractivity contribution in [3.8, 4) is 0 Å². The Kier molecular flexibility index (Phi) is 6.49. The maximum absolute atomic E-state index is 12.9. The molecule has 2 heterocycles. The van der Waals surface area contributed by atoms with Gasteiger partial charge in [-0.25, -0.2) is 0 Å². The molecule has 2 fully saturated rings. The van der Waals surface area contributed by atoms with Gasteiger partial charge in [0.15, 0.2) is 0 Å². The molecule has 23 heavy (non-hydrogen) atoms. The Morgan fingerprint density at radius 1 is 1.22 bits per heavy atom. The average Bonchev–Trinajstić information content (AvgIpc) is 2.55. The van der Waals surface area contributed by atoms with Crippen LogP contribution in [0.5, 0.6) is 0 Å². The summed E-state index contributed by atoms with van der Waals surface area (Å²) in [5, 5.41) is 3.42. The second-order valence-corrected chi connectivity index (χ2v) is 7.04. The summed E-state index contributed by atoms with van der Waals surface area (Å²) < 4.78 is 0. The molecule has 1 aromatic rings. The van der Waals surface area contributed by atoms with Gasteiger partial charge in [0.05, 0.1) is 0 Å². The third kappa shape index (κ3) is 4.07. The molecule has 0 aliphatic carbocycles. The van der Waals surface area contributed by atoms with Crippen molar-refractivity contribution in [2.75, 3.05) is 26.2 Å². The highest BCUT2D eigenvalue weighted by Gasteiger charge is 2.25. The Morgan fingerprint density at radius 3 is 2.65 bits per heavy atom. The molecule has 2 saturated heterocycles. The number of hydrogen-bond donors (Lipinski definition) is 1. The van der Waals surface area contributed by atoms with Crippen molar-refractivity contribution in [3.63, 3.8) is 0 Å². The fourth-order valence-electron chi connectivity index (χ4n) is 4.00. The van der Waals surface area contributed by atoms with Gasteiger partial charge in [0, 0.05) is 18.7 Å². The Hall–Kier alpha value is -1.06. The number of hydrogen-bond acceptors (Lipinski definition) is 2. The second-order valence-electron chi connectivity index (χ2n) is 7.04. The van der Waals surface area contributed by atoms with E-state index in [1.807, 2.05) is 6.07 Å². The highest BCUT2D eigenvalue weighted by atomic mass is 35.5. The lowest BCUT2D eigenvalue weighted by atomic mass is 9.85. The third-order valence-corrected chi connectivity index (χ3v) is 5.33. The topological polar surface area (TPSA) is 32.3 Å². The van der Waals surface area contributed by atoms with E-state index in [9.17, 15) is 4.79 Å². The molecule has 3 nitrogen and oxygen atoms in total. The van der Waals surface area contributed by atoms with Gasteiger partial charge in [-0.1, -0.05) is 19.1 Å². The molecule has 1 N–H and O–H groups in total. The number of halogens is 1. The maximum Gasteiger partial charge on any atom is 0.254 e. The highest BCUT2D eigenvalue weighted by Crippen LogP contribution is 2.30. The number of amides is 1. The molecule has 1 atom stereocenters. The summed E-state index contributed by atoms with van der Waals surface area (Å²) >= 11 is 0. The molecule has 0 spiro atoms. The zero-order valence-electron chi connectivity index (χ0n) is 14.3. The molecule has 1 aromatic carbocycles. The Balaban J connectivity index is 0.00000192. The van der Waals surface area contributed by atoms with Crippen LogP contribution in [0.25, 0.3) is 0 Å². The quantitative estimate of drug-likeness (QED) is 0.892. The predicted molar refractivity (Wildman–Crippen MR) is 97.6 cm³/mol. The Bertz CT molecular complexity index is 540. The van der Waals surface area contributed by atoms with E-state index in [1.165, 1.54) is 30.4 Å². The first kappa shape index (κ1) is 18.3. The number of benzene rings is 1. The molecule has 1 unspecified atom stereocenters. The highest BCUT2D eigenvalue weighted by molar-refractivity contribution is 5.96. The maximum atomic E-state index is 12.9. The average molecular weight is 337 g/mol. The fraction of sp³-hybridized carbons (Fsp3) is 0.632. The standard InChI is InChI=1S/C19H28N2O.ClH/c1-14-5-4-12-21(13-14)19(22)18-7-3-6-17(15(18)2)16-8-10-20-11-9-16;/h3,6-7,14,16,20H,4-5,8-13H2,1-2H3;1H. The summed E-state index contributed by atoms with van der Waals surface area (Å²) in [5.74, 6) is 1.47. The molecule has 3 rings (SSSR count). The molecule has 4 heteroatoms. The van der Waals surface area contributed by atoms with Crippen LogP contribution in [0.1, 0.15) is 60.0 Å². The minimum absolute atomic E-state index is 0. The lowest BCUT2D eigenvalue weighted by Gasteiger charge is -2.32. The van der Waals surface area contributed by atoms with Crippen LogP contribution in [0, 0.1) is 12.8 Å². The monoisotopic (exact) mass is 336 g/mol. The first-order valence-corrected chi connectivity index (χ1v) is 8.76. The van der Waals surface area contributed by atoms with Gasteiger partial charge in [0.25, 0.3) is 5.91 Å². The van der Waals surface area contributed by atoms with Crippen molar-refractivity contribution in [2.24, 2.45) is 5.92 Å². The molecule has 0 radical (unpaired) electrons. The van der Waals surface area contributed by atoms with Gasteiger partial charge in [-0.05, 0) is 74.7 Å². The number of carbonyl (C=O) groups is 1. The van der Waals surface area contributed by atoms with E-state index in [2.05, 4.69) is 36.2 Å². The van der Waals surface area contributed by atoms with Crippen LogP contribution in [0.3, 0.4) is 0 Å². The largest absolute Gasteiger partial charge is 0.338 e. The van der Waals surface area contributed by atoms with Crippen molar-refractivity contribution in [3.05, 3.63) is 34.9 Å². The van der Waals surface area contributed by atoms with Crippen LogP contribution in [-0.4, -0.2) is 37.0 Å². The molecule has 0 aromatic heterocycles. The number of nitrogens with zero attached hydrogens (tertiary/aromatic N) is 1. The van der Waals surface area contributed by atoms with Crippen molar-refractivity contribution in [1.29, 1.82) is 0 Å². The van der Waals surface area contributed by atoms with Gasteiger partial charge < -0.3 is 10.2 Å². The van der Waals surface area contributed by atoms with Crippen LogP contribution in [0.15, 0.2) is 18.2 Å². The SMILES string of the molecule is Cc1c(C(=O)N2CCCC(C)C2)cccc1C1CCNCC1.Cl. The summed E-state index contributed by atoms with van der Waals surface area (Å²) in [6.07, 6.45) is 4.75. The molecular weight excluding hydrogens is 308 g/mol. The number of carbonyl (C=O) groups excluding carboxylic acids is 1. The van der Waals surface area contributed by atoms with Crippen LogP contribution in [0.2, 0.25) is 0 Å². The van der Waals surface area contributed by atoms with Gasteiger partial charge in [-0.2, -0.15) is 0 Å². The van der Waals surface area contributed by atoms with Gasteiger partial charge in [-0.15, -0.1) is 12.4 Å². The van der Waals surface area contributed by atoms with Crippen molar-refractivity contribution in [1.82, 2.24) is 10.2 Å². The van der Waals surface area contributed by atoms with E-state index in [0.29, 0.717) is 11.8 Å². The summed E-state index contributed by atoms with van der Waals surface area (Å²) in [7, 11) is 0. The molecule has 2 aliphatic heterocycles. The normalized spacial score (nSPS) is 22.5. The van der Waals surface area contributed by atoms with Crippen LogP contribution < -0.4 is 5.32 Å². The van der Waals surface area contributed by atoms with E-state index in [-0.39, 0.29) is 18.3 Å². The summed E-state index contributed by atoms with van der Waals surface area (Å²) in [6.45, 7) is 8.39. The minimum Gasteiger partial charge on any atom is -0.338 e. The lowest BCUT2D eigenvalue weighted by molar-refractivity contribution is 0.0682. The number of rotatable bonds is 2. The van der Waals surface area contributed by atoms with Gasteiger partial charge in [-0.3, -0.25) is 4.79 Å². The van der Waals surface area contributed by atoms with E-state index in [4.69, 9.17) is 0 Å². The number of likely N-dealkylation sites (tertiary alicyclic amines) is 1. The van der Waals surface area contributed by atoms with Crippen molar-refractivity contribution >= 4 is 18.3 Å². The van der Waals surface area contributed by atoms with E-state index in [0.717, 1.165) is 38.2 Å². The van der Waals surface area contributed by atoms with Crippen LogP contribution >= 0.6 is 12.4 Å². The first-order valence-electron chi connectivity index (χ1n) is 8.76. The molecule has 0 saturated carbocycles. The molecule has 128 valence electrons. The van der Waals surface area contributed by atoms with Crippen LogP contribution in [-0.2, 0) is 0 Å². The van der Waals surface area contributed by atoms with Gasteiger partial charge in [0.2, 0.25) is 0 Å². The smallest absolute Gasteiger partial charge is 0.254 e. The number of piperidine rings is 2. The summed E-state index contributed by atoms with van der Waals surface area (Å²) in [6, 6.07) is 6.31. The summed E-state index contributed by atoms with van der Waals surface area (Å²) in [5.41, 5.74) is 3.51. The van der Waals surface area contributed by atoms with Gasteiger partial charge in [0.1, 0.15) is 0 Å². The Morgan fingerprint density at radius 2 is 1.96 bits per heavy atom. The molecular formula is C19H29ClN2O.